The maximum absolute atomic E-state index is 14.5. The molecule has 1 atom stereocenters. The molecule has 0 aliphatic heterocycles. The lowest BCUT2D eigenvalue weighted by atomic mass is 10.2. The third-order valence-corrected chi connectivity index (χ3v) is 6.82. The Morgan fingerprint density at radius 1 is 1.10 bits per heavy atom. The average molecular weight is 386 g/mol. The zero-order valence-corrected chi connectivity index (χ0v) is 13.8. The minimum atomic E-state index is -4.17. The zero-order chi connectivity index (χ0) is 15.0. The van der Waals surface area contributed by atoms with E-state index >= 15 is 0 Å². The van der Waals surface area contributed by atoms with E-state index in [-0.39, 0.29) is 9.90 Å². The van der Waals surface area contributed by atoms with Gasteiger partial charge in [0.05, 0.1) is 10.2 Å². The predicted molar refractivity (Wildman–Crippen MR) is 84.8 cm³/mol. The molecule has 0 bridgehead atoms. The monoisotopic (exact) mass is 385 g/mol. The highest BCUT2D eigenvalue weighted by Gasteiger charge is 2.33. The zero-order valence-electron chi connectivity index (χ0n) is 10.5. The molecular weight excluding hydrogens is 377 g/mol. The second kappa shape index (κ2) is 5.47. The normalized spacial score (nSPS) is 13.4. The van der Waals surface area contributed by atoms with E-state index in [0.29, 0.717) is 9.99 Å². The van der Waals surface area contributed by atoms with Crippen molar-refractivity contribution in [3.05, 3.63) is 58.6 Å². The standard InChI is InChI=1S/C14H9BrFNO2S2/c15-10-6-2-1-5-9(10)13(16)21(18,19)14-17-11-7-3-4-8-12(11)20-14/h1-8,13H. The van der Waals surface area contributed by atoms with E-state index in [4.69, 9.17) is 0 Å². The number of benzene rings is 2. The number of thiazole rings is 1. The molecule has 0 saturated heterocycles. The van der Waals surface area contributed by atoms with Gasteiger partial charge in [-0.3, -0.25) is 0 Å². The van der Waals surface area contributed by atoms with Gasteiger partial charge in [0.2, 0.25) is 19.7 Å². The molecule has 0 radical (unpaired) electrons. The molecule has 3 aromatic rings. The van der Waals surface area contributed by atoms with Gasteiger partial charge in [0.15, 0.2) is 0 Å². The lowest BCUT2D eigenvalue weighted by Gasteiger charge is -2.09. The summed E-state index contributed by atoms with van der Waals surface area (Å²) in [6.07, 6.45) is 0. The first kappa shape index (κ1) is 14.6. The van der Waals surface area contributed by atoms with Crippen LogP contribution in [0.15, 0.2) is 57.3 Å². The third kappa shape index (κ3) is 2.61. The van der Waals surface area contributed by atoms with Crippen molar-refractivity contribution in [1.29, 1.82) is 0 Å². The quantitative estimate of drug-likeness (QED) is 0.666. The number of rotatable bonds is 3. The second-order valence-electron chi connectivity index (χ2n) is 4.33. The summed E-state index contributed by atoms with van der Waals surface area (Å²) in [6, 6.07) is 13.4. The van der Waals surface area contributed by atoms with E-state index in [1.807, 2.05) is 0 Å². The number of hydrogen-bond acceptors (Lipinski definition) is 4. The van der Waals surface area contributed by atoms with Crippen molar-refractivity contribution in [2.45, 2.75) is 9.84 Å². The number of para-hydroxylation sites is 1. The van der Waals surface area contributed by atoms with Gasteiger partial charge in [-0.15, -0.1) is 11.3 Å². The molecule has 0 aliphatic carbocycles. The fourth-order valence-electron chi connectivity index (χ4n) is 1.89. The maximum atomic E-state index is 14.5. The lowest BCUT2D eigenvalue weighted by molar-refractivity contribution is 0.429. The van der Waals surface area contributed by atoms with Crippen LogP contribution in [0.25, 0.3) is 10.2 Å². The smallest absolute Gasteiger partial charge is 0.225 e. The Labute approximate surface area is 133 Å². The van der Waals surface area contributed by atoms with E-state index in [0.717, 1.165) is 16.0 Å². The summed E-state index contributed by atoms with van der Waals surface area (Å²) in [6.45, 7) is 0. The number of fused-ring (bicyclic) bond motifs is 1. The molecule has 1 unspecified atom stereocenters. The molecule has 0 fully saturated rings. The topological polar surface area (TPSA) is 47.0 Å². The summed E-state index contributed by atoms with van der Waals surface area (Å²) in [4.78, 5) is 4.04. The number of nitrogens with zero attached hydrogens (tertiary/aromatic N) is 1. The highest BCUT2D eigenvalue weighted by Crippen LogP contribution is 2.37. The van der Waals surface area contributed by atoms with Crippen LogP contribution >= 0.6 is 27.3 Å². The molecule has 108 valence electrons. The predicted octanol–water partition coefficient (Wildman–Crippen LogP) is 4.50. The van der Waals surface area contributed by atoms with Crippen LogP contribution in [0, 0.1) is 0 Å². The van der Waals surface area contributed by atoms with Crippen LogP contribution in [0.2, 0.25) is 0 Å². The summed E-state index contributed by atoms with van der Waals surface area (Å²) in [7, 11) is -4.17. The largest absolute Gasteiger partial charge is 0.241 e. The first-order valence-corrected chi connectivity index (χ1v) is 9.14. The van der Waals surface area contributed by atoms with Crippen LogP contribution < -0.4 is 0 Å². The summed E-state index contributed by atoms with van der Waals surface area (Å²) in [5.41, 5.74) is -1.51. The second-order valence-corrected chi connectivity index (χ2v) is 8.36. The van der Waals surface area contributed by atoms with E-state index in [1.54, 1.807) is 42.5 Å². The minimum absolute atomic E-state index is 0.0803. The number of halogens is 2. The fraction of sp³-hybridized carbons (Fsp3) is 0.0714. The molecular formula is C14H9BrFNO2S2. The van der Waals surface area contributed by atoms with Crippen LogP contribution in [0.5, 0.6) is 0 Å². The molecule has 1 aromatic heterocycles. The van der Waals surface area contributed by atoms with Crippen LogP contribution in [0.3, 0.4) is 0 Å². The van der Waals surface area contributed by atoms with E-state index in [1.165, 1.54) is 6.07 Å². The van der Waals surface area contributed by atoms with Crippen molar-refractivity contribution < 1.29 is 12.8 Å². The highest BCUT2D eigenvalue weighted by molar-refractivity contribution is 9.10. The van der Waals surface area contributed by atoms with Gasteiger partial charge in [-0.1, -0.05) is 46.3 Å². The summed E-state index contributed by atoms with van der Waals surface area (Å²) in [5, 5.41) is 0. The van der Waals surface area contributed by atoms with E-state index in [9.17, 15) is 12.8 Å². The van der Waals surface area contributed by atoms with Gasteiger partial charge in [0.25, 0.3) is 0 Å². The maximum Gasteiger partial charge on any atom is 0.241 e. The van der Waals surface area contributed by atoms with Gasteiger partial charge in [0.1, 0.15) is 0 Å². The number of sulfone groups is 1. The van der Waals surface area contributed by atoms with Crippen molar-refractivity contribution in [2.24, 2.45) is 0 Å². The van der Waals surface area contributed by atoms with E-state index < -0.39 is 15.3 Å². The Bertz CT molecular complexity index is 875. The molecule has 0 N–H and O–H groups in total. The van der Waals surface area contributed by atoms with Crippen molar-refractivity contribution >= 4 is 47.3 Å². The van der Waals surface area contributed by atoms with E-state index in [2.05, 4.69) is 20.9 Å². The van der Waals surface area contributed by atoms with Gasteiger partial charge in [-0.05, 0) is 18.2 Å². The number of hydrogen-bond donors (Lipinski definition) is 0. The average Bonchev–Trinajstić information content (AvgIpc) is 2.92. The number of aromatic nitrogens is 1. The Morgan fingerprint density at radius 3 is 2.48 bits per heavy atom. The first-order valence-electron chi connectivity index (χ1n) is 5.98. The molecule has 3 rings (SSSR count). The minimum Gasteiger partial charge on any atom is -0.225 e. The van der Waals surface area contributed by atoms with Crippen LogP contribution in [0.1, 0.15) is 11.1 Å². The van der Waals surface area contributed by atoms with Crippen molar-refractivity contribution in [1.82, 2.24) is 4.98 Å². The molecule has 0 saturated carbocycles. The SMILES string of the molecule is O=S(=O)(c1nc2ccccc2s1)C(F)c1ccccc1Br. The highest BCUT2D eigenvalue weighted by atomic mass is 79.9. The van der Waals surface area contributed by atoms with Crippen LogP contribution in [-0.4, -0.2) is 13.4 Å². The van der Waals surface area contributed by atoms with Gasteiger partial charge in [-0.2, -0.15) is 0 Å². The van der Waals surface area contributed by atoms with Crippen molar-refractivity contribution in [2.75, 3.05) is 0 Å². The van der Waals surface area contributed by atoms with Crippen molar-refractivity contribution in [3.8, 4) is 0 Å². The van der Waals surface area contributed by atoms with Crippen molar-refractivity contribution in [3.63, 3.8) is 0 Å². The Kier molecular flexibility index (Phi) is 3.81. The number of alkyl halides is 1. The first-order chi connectivity index (χ1) is 10.00. The molecule has 0 amide bonds. The van der Waals surface area contributed by atoms with Gasteiger partial charge < -0.3 is 0 Å². The third-order valence-electron chi connectivity index (χ3n) is 2.94. The molecule has 0 spiro atoms. The van der Waals surface area contributed by atoms with Gasteiger partial charge >= 0.3 is 0 Å². The molecule has 21 heavy (non-hydrogen) atoms. The lowest BCUT2D eigenvalue weighted by Crippen LogP contribution is -2.09. The molecule has 2 aromatic carbocycles. The molecule has 3 nitrogen and oxygen atoms in total. The summed E-state index contributed by atoms with van der Waals surface area (Å²) in [5.74, 6) is 0. The molecule has 0 aliphatic rings. The summed E-state index contributed by atoms with van der Waals surface area (Å²) < 4.78 is 40.3. The van der Waals surface area contributed by atoms with Gasteiger partial charge in [0, 0.05) is 10.0 Å². The molecule has 1 heterocycles. The Hall–Kier alpha value is -1.31. The fourth-order valence-corrected chi connectivity index (χ4v) is 5.15. The van der Waals surface area contributed by atoms with Crippen LogP contribution in [-0.2, 0) is 9.84 Å². The van der Waals surface area contributed by atoms with Crippen LogP contribution in [0.4, 0.5) is 4.39 Å². The Balaban J connectivity index is 2.09. The molecule has 7 heteroatoms. The summed E-state index contributed by atoms with van der Waals surface area (Å²) >= 11 is 4.15. The Morgan fingerprint density at radius 2 is 1.76 bits per heavy atom. The van der Waals surface area contributed by atoms with Gasteiger partial charge in [-0.25, -0.2) is 17.8 Å².